The fourth-order valence-electron chi connectivity index (χ4n) is 2.59. The van der Waals surface area contributed by atoms with E-state index < -0.39 is 6.61 Å². The molecule has 3 rings (SSSR count). The molecule has 1 saturated carbocycles. The summed E-state index contributed by atoms with van der Waals surface area (Å²) in [6.07, 6.45) is 3.62. The molecule has 2 aromatic rings. The van der Waals surface area contributed by atoms with Gasteiger partial charge in [0.2, 0.25) is 5.88 Å². The van der Waals surface area contributed by atoms with Crippen molar-refractivity contribution in [2.24, 2.45) is 5.73 Å². The highest BCUT2D eigenvalue weighted by Crippen LogP contribution is 2.36. The molecule has 21 heavy (non-hydrogen) atoms. The van der Waals surface area contributed by atoms with Gasteiger partial charge in [-0.15, -0.1) is 0 Å². The highest BCUT2D eigenvalue weighted by molar-refractivity contribution is 5.63. The fraction of sp³-hybridized carbons (Fsp3) is 0.312. The topological polar surface area (TPSA) is 48.1 Å². The average Bonchev–Trinajstić information content (AvgIpc) is 2.44. The summed E-state index contributed by atoms with van der Waals surface area (Å²) in [6, 6.07) is 11.7. The molecule has 1 heterocycles. The van der Waals surface area contributed by atoms with Gasteiger partial charge in [0.15, 0.2) is 0 Å². The molecule has 1 fully saturated rings. The summed E-state index contributed by atoms with van der Waals surface area (Å²) in [6.45, 7) is -2.85. The SMILES string of the molecule is NC1CC(c2ccc(-c3ccc(OC(F)F)nc3)cc2)C1. The van der Waals surface area contributed by atoms with Crippen LogP contribution in [-0.2, 0) is 0 Å². The Morgan fingerprint density at radius 1 is 1.05 bits per heavy atom. The second-order valence-electron chi connectivity index (χ2n) is 5.31. The number of hydrogen-bond donors (Lipinski definition) is 1. The number of ether oxygens (including phenoxy) is 1. The summed E-state index contributed by atoms with van der Waals surface area (Å²) in [5.41, 5.74) is 8.97. The van der Waals surface area contributed by atoms with Crippen molar-refractivity contribution in [1.29, 1.82) is 0 Å². The van der Waals surface area contributed by atoms with Gasteiger partial charge in [-0.25, -0.2) is 4.98 Å². The number of nitrogens with zero attached hydrogens (tertiary/aromatic N) is 1. The van der Waals surface area contributed by atoms with Gasteiger partial charge in [-0.05, 0) is 36.0 Å². The molecule has 1 aliphatic rings. The molecule has 1 aromatic heterocycles. The van der Waals surface area contributed by atoms with Gasteiger partial charge in [-0.3, -0.25) is 0 Å². The minimum atomic E-state index is -2.85. The zero-order valence-corrected chi connectivity index (χ0v) is 11.4. The van der Waals surface area contributed by atoms with Gasteiger partial charge >= 0.3 is 6.61 Å². The predicted molar refractivity (Wildman–Crippen MR) is 76.3 cm³/mol. The largest absolute Gasteiger partial charge is 0.417 e. The molecular formula is C16H16F2N2O. The van der Waals surface area contributed by atoms with Crippen molar-refractivity contribution in [1.82, 2.24) is 4.98 Å². The number of aromatic nitrogens is 1. The van der Waals surface area contributed by atoms with Crippen molar-refractivity contribution < 1.29 is 13.5 Å². The van der Waals surface area contributed by atoms with Crippen molar-refractivity contribution >= 4 is 0 Å². The first kappa shape index (κ1) is 13.9. The van der Waals surface area contributed by atoms with Gasteiger partial charge in [-0.2, -0.15) is 8.78 Å². The first-order valence-corrected chi connectivity index (χ1v) is 6.88. The van der Waals surface area contributed by atoms with E-state index in [2.05, 4.69) is 21.9 Å². The van der Waals surface area contributed by atoms with Crippen LogP contribution in [0, 0.1) is 0 Å². The van der Waals surface area contributed by atoms with E-state index in [4.69, 9.17) is 5.73 Å². The third-order valence-corrected chi connectivity index (χ3v) is 3.84. The Morgan fingerprint density at radius 3 is 2.24 bits per heavy atom. The lowest BCUT2D eigenvalue weighted by molar-refractivity contribution is -0.0528. The Labute approximate surface area is 121 Å². The summed E-state index contributed by atoms with van der Waals surface area (Å²) >= 11 is 0. The monoisotopic (exact) mass is 290 g/mol. The van der Waals surface area contributed by atoms with Crippen LogP contribution in [0.4, 0.5) is 8.78 Å². The van der Waals surface area contributed by atoms with Crippen LogP contribution in [0.1, 0.15) is 24.3 Å². The number of alkyl halides is 2. The van der Waals surface area contributed by atoms with E-state index >= 15 is 0 Å². The quantitative estimate of drug-likeness (QED) is 0.936. The zero-order valence-electron chi connectivity index (χ0n) is 11.4. The Hall–Kier alpha value is -2.01. The molecule has 1 aliphatic carbocycles. The summed E-state index contributed by atoms with van der Waals surface area (Å²) in [5.74, 6) is 0.489. The van der Waals surface area contributed by atoms with Gasteiger partial charge in [0.05, 0.1) is 0 Å². The smallest absolute Gasteiger partial charge is 0.388 e. The molecule has 0 bridgehead atoms. The molecule has 110 valence electrons. The second-order valence-corrected chi connectivity index (χ2v) is 5.31. The fourth-order valence-corrected chi connectivity index (χ4v) is 2.59. The average molecular weight is 290 g/mol. The molecule has 0 spiro atoms. The Bertz CT molecular complexity index is 593. The van der Waals surface area contributed by atoms with E-state index in [0.717, 1.165) is 24.0 Å². The van der Waals surface area contributed by atoms with Gasteiger partial charge in [0, 0.05) is 23.9 Å². The standard InChI is InChI=1S/C16H16F2N2O/c17-16(18)21-15-6-5-12(9-20-15)10-1-3-11(4-2-10)13-7-14(19)8-13/h1-6,9,13-14,16H,7-8,19H2. The van der Waals surface area contributed by atoms with Crippen molar-refractivity contribution in [3.63, 3.8) is 0 Å². The Kier molecular flexibility index (Phi) is 3.84. The highest BCUT2D eigenvalue weighted by Gasteiger charge is 2.26. The van der Waals surface area contributed by atoms with E-state index in [1.807, 2.05) is 12.1 Å². The molecule has 0 saturated heterocycles. The van der Waals surface area contributed by atoms with Crippen LogP contribution in [0.15, 0.2) is 42.6 Å². The molecule has 1 aromatic carbocycles. The highest BCUT2D eigenvalue weighted by atomic mass is 19.3. The maximum atomic E-state index is 12.1. The number of pyridine rings is 1. The van der Waals surface area contributed by atoms with E-state index in [1.54, 1.807) is 6.07 Å². The van der Waals surface area contributed by atoms with Gasteiger partial charge in [-0.1, -0.05) is 24.3 Å². The molecule has 0 unspecified atom stereocenters. The lowest BCUT2D eigenvalue weighted by Gasteiger charge is -2.32. The van der Waals surface area contributed by atoms with Crippen LogP contribution in [-0.4, -0.2) is 17.6 Å². The van der Waals surface area contributed by atoms with Crippen LogP contribution in [0.3, 0.4) is 0 Å². The second kappa shape index (κ2) is 5.77. The Morgan fingerprint density at radius 2 is 1.71 bits per heavy atom. The van der Waals surface area contributed by atoms with Crippen LogP contribution in [0.25, 0.3) is 11.1 Å². The Balaban J connectivity index is 1.71. The first-order chi connectivity index (χ1) is 10.1. The number of halogens is 2. The molecule has 3 nitrogen and oxygen atoms in total. The lowest BCUT2D eigenvalue weighted by Crippen LogP contribution is -2.34. The summed E-state index contributed by atoms with van der Waals surface area (Å²) in [7, 11) is 0. The van der Waals surface area contributed by atoms with Crippen LogP contribution in [0.2, 0.25) is 0 Å². The maximum Gasteiger partial charge on any atom is 0.388 e. The van der Waals surface area contributed by atoms with Crippen LogP contribution >= 0.6 is 0 Å². The summed E-state index contributed by atoms with van der Waals surface area (Å²) < 4.78 is 28.4. The summed E-state index contributed by atoms with van der Waals surface area (Å²) in [5, 5.41) is 0. The third kappa shape index (κ3) is 3.19. The normalized spacial score (nSPS) is 21.1. The van der Waals surface area contributed by atoms with Gasteiger partial charge in [0.25, 0.3) is 0 Å². The minimum absolute atomic E-state index is 0.0752. The predicted octanol–water partition coefficient (Wildman–Crippen LogP) is 3.55. The van der Waals surface area contributed by atoms with E-state index in [-0.39, 0.29) is 5.88 Å². The minimum Gasteiger partial charge on any atom is -0.417 e. The van der Waals surface area contributed by atoms with Gasteiger partial charge in [0.1, 0.15) is 0 Å². The van der Waals surface area contributed by atoms with Crippen LogP contribution < -0.4 is 10.5 Å². The first-order valence-electron chi connectivity index (χ1n) is 6.88. The van der Waals surface area contributed by atoms with Crippen molar-refractivity contribution in [2.45, 2.75) is 31.4 Å². The number of benzene rings is 1. The number of nitrogens with two attached hydrogens (primary N) is 1. The third-order valence-electron chi connectivity index (χ3n) is 3.84. The van der Waals surface area contributed by atoms with E-state index in [9.17, 15) is 8.78 Å². The van der Waals surface area contributed by atoms with Crippen molar-refractivity contribution in [3.05, 3.63) is 48.2 Å². The zero-order chi connectivity index (χ0) is 14.8. The number of rotatable bonds is 4. The molecule has 0 radical (unpaired) electrons. The number of hydrogen-bond acceptors (Lipinski definition) is 3. The van der Waals surface area contributed by atoms with E-state index in [0.29, 0.717) is 12.0 Å². The molecule has 2 N–H and O–H groups in total. The lowest BCUT2D eigenvalue weighted by atomic mass is 9.76. The summed E-state index contributed by atoms with van der Waals surface area (Å²) in [4.78, 5) is 3.87. The molecular weight excluding hydrogens is 274 g/mol. The van der Waals surface area contributed by atoms with E-state index in [1.165, 1.54) is 17.8 Å². The van der Waals surface area contributed by atoms with Crippen LogP contribution in [0.5, 0.6) is 5.88 Å². The maximum absolute atomic E-state index is 12.1. The molecule has 5 heteroatoms. The molecule has 0 amide bonds. The van der Waals surface area contributed by atoms with Crippen molar-refractivity contribution in [3.8, 4) is 17.0 Å². The van der Waals surface area contributed by atoms with Crippen molar-refractivity contribution in [2.75, 3.05) is 0 Å². The van der Waals surface area contributed by atoms with Gasteiger partial charge < -0.3 is 10.5 Å². The molecule has 0 aliphatic heterocycles. The molecule has 0 atom stereocenters.